The van der Waals surface area contributed by atoms with Crippen molar-refractivity contribution in [2.75, 3.05) is 40.9 Å². The lowest BCUT2D eigenvalue weighted by molar-refractivity contribution is 0.0164. The van der Waals surface area contributed by atoms with Gasteiger partial charge in [-0.1, -0.05) is 6.07 Å². The highest BCUT2D eigenvalue weighted by atomic mass is 16.6. The Morgan fingerprint density at radius 1 is 1.04 bits per heavy atom. The van der Waals surface area contributed by atoms with Gasteiger partial charge in [-0.25, -0.2) is 4.79 Å². The third kappa shape index (κ3) is 7.04. The average molecular weight is 611 g/mol. The second-order valence-electron chi connectivity index (χ2n) is 12.3. The zero-order chi connectivity index (χ0) is 32.3. The van der Waals surface area contributed by atoms with Crippen LogP contribution in [-0.4, -0.2) is 73.3 Å². The number of likely N-dealkylation sites (tertiary alicyclic amines) is 1. The van der Waals surface area contributed by atoms with Crippen LogP contribution in [0.25, 0.3) is 33.6 Å². The predicted octanol–water partition coefficient (Wildman–Crippen LogP) is 6.77. The Hall–Kier alpha value is -5.04. The highest BCUT2D eigenvalue weighted by Crippen LogP contribution is 2.38. The Kier molecular flexibility index (Phi) is 9.00. The molecule has 1 saturated heterocycles. The van der Waals surface area contributed by atoms with E-state index >= 15 is 0 Å². The second-order valence-corrected chi connectivity index (χ2v) is 12.3. The van der Waals surface area contributed by atoms with Crippen LogP contribution in [0.1, 0.15) is 49.5 Å². The number of methoxy groups -OCH3 is 1. The van der Waals surface area contributed by atoms with Gasteiger partial charge in [0.1, 0.15) is 34.4 Å². The Balaban J connectivity index is 1.32. The summed E-state index contributed by atoms with van der Waals surface area (Å²) in [7, 11) is 4.95. The number of aromatic nitrogens is 1. The van der Waals surface area contributed by atoms with Crippen molar-refractivity contribution in [3.63, 3.8) is 0 Å². The maximum atomic E-state index is 12.5. The lowest BCUT2D eigenvalue weighted by Crippen LogP contribution is -2.42. The number of hydrogen-bond acceptors (Lipinski definition) is 8. The van der Waals surface area contributed by atoms with Gasteiger partial charge in [-0.3, -0.25) is 9.78 Å². The van der Waals surface area contributed by atoms with Crippen molar-refractivity contribution in [1.29, 1.82) is 5.26 Å². The predicted molar refractivity (Wildman–Crippen MR) is 170 cm³/mol. The molecule has 10 nitrogen and oxygen atoms in total. The van der Waals surface area contributed by atoms with Crippen molar-refractivity contribution >= 4 is 23.1 Å². The zero-order valence-electron chi connectivity index (χ0n) is 26.5. The lowest BCUT2D eigenvalue weighted by Gasteiger charge is -2.33. The van der Waals surface area contributed by atoms with Gasteiger partial charge in [0.15, 0.2) is 5.58 Å². The number of carbonyl (C=O) groups is 2. The number of benzene rings is 2. The number of hydrogen-bond donors (Lipinski definition) is 0. The Morgan fingerprint density at radius 3 is 2.47 bits per heavy atom. The third-order valence-electron chi connectivity index (χ3n) is 7.68. The van der Waals surface area contributed by atoms with Gasteiger partial charge < -0.3 is 28.4 Å². The summed E-state index contributed by atoms with van der Waals surface area (Å²) in [5.41, 5.74) is 3.87. The quantitative estimate of drug-likeness (QED) is 0.225. The summed E-state index contributed by atoms with van der Waals surface area (Å²) in [6, 6.07) is 16.7. The van der Waals surface area contributed by atoms with Crippen molar-refractivity contribution < 1.29 is 28.2 Å². The van der Waals surface area contributed by atoms with Gasteiger partial charge >= 0.3 is 6.09 Å². The van der Waals surface area contributed by atoms with Crippen LogP contribution in [0.3, 0.4) is 0 Å². The van der Waals surface area contributed by atoms with E-state index in [1.807, 2.05) is 45.0 Å². The van der Waals surface area contributed by atoms with Crippen LogP contribution < -0.4 is 9.47 Å². The molecule has 1 fully saturated rings. The molecule has 0 N–H and O–H groups in total. The number of nitrogens with zero attached hydrogens (tertiary/aromatic N) is 4. The van der Waals surface area contributed by atoms with Crippen LogP contribution in [0.4, 0.5) is 4.79 Å². The summed E-state index contributed by atoms with van der Waals surface area (Å²) in [5, 5.41) is 9.97. The molecule has 2 aromatic heterocycles. The molecule has 0 aliphatic carbocycles. The fraction of sp³-hybridized carbons (Fsp3) is 0.371. The number of nitriles is 1. The summed E-state index contributed by atoms with van der Waals surface area (Å²) in [5.74, 6) is 1.70. The van der Waals surface area contributed by atoms with E-state index in [2.05, 4.69) is 11.1 Å². The lowest BCUT2D eigenvalue weighted by atomic mass is 9.98. The van der Waals surface area contributed by atoms with E-state index in [0.29, 0.717) is 64.7 Å². The van der Waals surface area contributed by atoms with E-state index in [-0.39, 0.29) is 17.9 Å². The normalized spacial score (nSPS) is 13.8. The minimum atomic E-state index is -0.521. The number of fused-ring (bicyclic) bond motifs is 1. The van der Waals surface area contributed by atoms with E-state index in [4.69, 9.17) is 18.6 Å². The fourth-order valence-corrected chi connectivity index (χ4v) is 5.31. The molecule has 0 atom stereocenters. The van der Waals surface area contributed by atoms with E-state index in [1.54, 1.807) is 56.6 Å². The Labute approximate surface area is 263 Å². The molecule has 234 valence electrons. The SMILES string of the molecule is COc1cc(C(=O)N(C)C)ccc1-c1cc2nccc(-c3ccc(OCC4CCN(C(=O)OC(C)(C)C)CC4)c(C#N)c3)c2o1. The van der Waals surface area contributed by atoms with Crippen molar-refractivity contribution in [3.05, 3.63) is 65.9 Å². The van der Waals surface area contributed by atoms with E-state index in [0.717, 1.165) is 24.0 Å². The fourth-order valence-electron chi connectivity index (χ4n) is 5.31. The highest BCUT2D eigenvalue weighted by molar-refractivity contribution is 5.96. The molecule has 45 heavy (non-hydrogen) atoms. The molecular weight excluding hydrogens is 572 g/mol. The van der Waals surface area contributed by atoms with Crippen LogP contribution in [0.15, 0.2) is 59.1 Å². The molecule has 0 bridgehead atoms. The van der Waals surface area contributed by atoms with Crippen molar-refractivity contribution in [2.24, 2.45) is 5.92 Å². The largest absolute Gasteiger partial charge is 0.496 e. The van der Waals surface area contributed by atoms with Gasteiger partial charge in [0, 0.05) is 50.6 Å². The molecule has 1 aliphatic rings. The average Bonchev–Trinajstić information content (AvgIpc) is 3.47. The minimum Gasteiger partial charge on any atom is -0.496 e. The number of pyridine rings is 1. The molecular formula is C35H38N4O6. The molecule has 0 saturated carbocycles. The van der Waals surface area contributed by atoms with E-state index < -0.39 is 5.60 Å². The first-order valence-electron chi connectivity index (χ1n) is 14.9. The molecule has 2 aromatic carbocycles. The van der Waals surface area contributed by atoms with Crippen molar-refractivity contribution in [2.45, 2.75) is 39.2 Å². The molecule has 0 spiro atoms. The maximum Gasteiger partial charge on any atom is 0.410 e. The van der Waals surface area contributed by atoms with Crippen molar-refractivity contribution in [3.8, 4) is 40.0 Å². The molecule has 1 aliphatic heterocycles. The molecule has 5 rings (SSSR count). The summed E-state index contributed by atoms with van der Waals surface area (Å²) in [4.78, 5) is 32.6. The second kappa shape index (κ2) is 12.9. The van der Waals surface area contributed by atoms with Gasteiger partial charge in [-0.2, -0.15) is 5.26 Å². The molecule has 0 unspecified atom stereocenters. The summed E-state index contributed by atoms with van der Waals surface area (Å²) < 4.78 is 23.5. The minimum absolute atomic E-state index is 0.127. The van der Waals surface area contributed by atoms with Crippen LogP contribution in [0.2, 0.25) is 0 Å². The standard InChI is InChI=1S/C35H38N4O6/c1-35(2,3)45-34(41)39-15-12-22(13-16-39)21-43-29-10-8-23(17-25(29)20-36)26-11-14-37-28-19-31(44-32(26)28)27-9-7-24(18-30(27)42-6)33(40)38(4)5/h7-11,14,17-19,22H,12-13,15-16,21H2,1-6H3. The van der Waals surface area contributed by atoms with Gasteiger partial charge in [0.25, 0.3) is 5.91 Å². The third-order valence-corrected chi connectivity index (χ3v) is 7.68. The van der Waals surface area contributed by atoms with Crippen LogP contribution >= 0.6 is 0 Å². The zero-order valence-corrected chi connectivity index (χ0v) is 26.5. The van der Waals surface area contributed by atoms with Gasteiger partial charge in [-0.05, 0) is 81.5 Å². The smallest absolute Gasteiger partial charge is 0.410 e. The molecule has 4 aromatic rings. The summed E-state index contributed by atoms with van der Waals surface area (Å²) in [6.07, 6.45) is 3.02. The number of piperidine rings is 1. The Bertz CT molecular complexity index is 1760. The number of ether oxygens (including phenoxy) is 3. The van der Waals surface area contributed by atoms with Crippen LogP contribution in [-0.2, 0) is 4.74 Å². The summed E-state index contributed by atoms with van der Waals surface area (Å²) in [6.45, 7) is 7.27. The molecule has 10 heteroatoms. The highest BCUT2D eigenvalue weighted by Gasteiger charge is 2.27. The maximum absolute atomic E-state index is 12.5. The van der Waals surface area contributed by atoms with Gasteiger partial charge in [0.2, 0.25) is 0 Å². The first-order chi connectivity index (χ1) is 21.5. The number of amides is 2. The Morgan fingerprint density at radius 2 is 1.80 bits per heavy atom. The monoisotopic (exact) mass is 610 g/mol. The summed E-state index contributed by atoms with van der Waals surface area (Å²) >= 11 is 0. The van der Waals surface area contributed by atoms with Gasteiger partial charge in [0.05, 0.1) is 24.8 Å². The van der Waals surface area contributed by atoms with E-state index in [9.17, 15) is 14.9 Å². The van der Waals surface area contributed by atoms with Crippen LogP contribution in [0, 0.1) is 17.2 Å². The van der Waals surface area contributed by atoms with E-state index in [1.165, 1.54) is 4.90 Å². The van der Waals surface area contributed by atoms with Crippen molar-refractivity contribution in [1.82, 2.24) is 14.8 Å². The molecule has 0 radical (unpaired) electrons. The molecule has 2 amide bonds. The number of furan rings is 1. The van der Waals surface area contributed by atoms with Crippen LogP contribution in [0.5, 0.6) is 11.5 Å². The first kappa shape index (κ1) is 31.4. The molecule has 3 heterocycles. The number of carbonyl (C=O) groups excluding carboxylic acids is 2. The first-order valence-corrected chi connectivity index (χ1v) is 14.9. The topological polar surface area (TPSA) is 118 Å². The number of rotatable bonds is 7. The van der Waals surface area contributed by atoms with Gasteiger partial charge in [-0.15, -0.1) is 0 Å².